The maximum Gasteiger partial charge on any atom is 0.188 e. The van der Waals surface area contributed by atoms with E-state index in [1.807, 2.05) is 0 Å². The maximum absolute atomic E-state index is 7.02. The van der Waals surface area contributed by atoms with Crippen molar-refractivity contribution in [3.05, 3.63) is 91.0 Å². The van der Waals surface area contributed by atoms with E-state index in [1.165, 1.54) is 15.9 Å². The van der Waals surface area contributed by atoms with Crippen molar-refractivity contribution in [2.45, 2.75) is 39.3 Å². The third-order valence-corrected chi connectivity index (χ3v) is 10.9. The van der Waals surface area contributed by atoms with Crippen LogP contribution >= 0.6 is 7.26 Å². The fourth-order valence-corrected chi connectivity index (χ4v) is 11.1. The zero-order valence-corrected chi connectivity index (χ0v) is 19.6. The molecule has 0 aromatic heterocycles. The normalized spacial score (nSPS) is 13.5. The van der Waals surface area contributed by atoms with Crippen molar-refractivity contribution in [3.8, 4) is 0 Å². The lowest BCUT2D eigenvalue weighted by Gasteiger charge is -2.39. The third kappa shape index (κ3) is 4.30. The van der Waals surface area contributed by atoms with Crippen molar-refractivity contribution in [2.24, 2.45) is 5.92 Å². The molecule has 0 bridgehead atoms. The smallest absolute Gasteiger partial charge is 0.188 e. The van der Waals surface area contributed by atoms with Gasteiger partial charge in [0.2, 0.25) is 0 Å². The van der Waals surface area contributed by atoms with E-state index in [9.17, 15) is 0 Å². The molecule has 3 aromatic rings. The molecule has 1 unspecified atom stereocenters. The Hall–Kier alpha value is -1.73. The summed E-state index contributed by atoms with van der Waals surface area (Å²) < 4.78 is 7.02. The van der Waals surface area contributed by atoms with Gasteiger partial charge >= 0.3 is 0 Å². The summed E-state index contributed by atoms with van der Waals surface area (Å²) in [6, 6.07) is 33.2. The van der Waals surface area contributed by atoms with Gasteiger partial charge in [0.25, 0.3) is 0 Å². The second kappa shape index (κ2) is 8.74. The van der Waals surface area contributed by atoms with Crippen molar-refractivity contribution < 1.29 is 4.43 Å². The van der Waals surface area contributed by atoms with Crippen LogP contribution in [0.1, 0.15) is 13.8 Å². The van der Waals surface area contributed by atoms with Crippen LogP contribution in [0.3, 0.4) is 0 Å². The molecule has 3 aromatic carbocycles. The number of hydrogen-bond donors (Lipinski definition) is 0. The highest BCUT2D eigenvalue weighted by molar-refractivity contribution is 7.96. The molecule has 0 saturated carbocycles. The summed E-state index contributed by atoms with van der Waals surface area (Å²) in [5.41, 5.74) is 0. The van der Waals surface area contributed by atoms with E-state index in [2.05, 4.69) is 124 Å². The van der Waals surface area contributed by atoms with Crippen molar-refractivity contribution in [3.63, 3.8) is 0 Å². The minimum absolute atomic E-state index is 0.145. The molecule has 0 radical (unpaired) electrons. The van der Waals surface area contributed by atoms with Crippen LogP contribution in [0.2, 0.25) is 19.6 Å². The van der Waals surface area contributed by atoms with E-state index >= 15 is 0 Å². The predicted molar refractivity (Wildman–Crippen MR) is 128 cm³/mol. The van der Waals surface area contributed by atoms with Crippen LogP contribution < -0.4 is 15.9 Å². The van der Waals surface area contributed by atoms with E-state index in [4.69, 9.17) is 4.43 Å². The van der Waals surface area contributed by atoms with Gasteiger partial charge in [-0.1, -0.05) is 68.4 Å². The van der Waals surface area contributed by atoms with Crippen LogP contribution in [0.15, 0.2) is 91.0 Å². The Labute approximate surface area is 172 Å². The first-order valence-electron chi connectivity index (χ1n) is 10.1. The Morgan fingerprint density at radius 1 is 0.607 bits per heavy atom. The monoisotopic (exact) mass is 407 g/mol. The summed E-state index contributed by atoms with van der Waals surface area (Å²) in [5.74, 6) is 0.548. The molecule has 1 atom stereocenters. The third-order valence-electron chi connectivity index (χ3n) is 4.92. The van der Waals surface area contributed by atoms with Gasteiger partial charge in [-0.25, -0.2) is 0 Å². The molecular formula is C25H32OPSi+. The van der Waals surface area contributed by atoms with Crippen molar-refractivity contribution in [1.29, 1.82) is 0 Å². The van der Waals surface area contributed by atoms with Gasteiger partial charge in [-0.3, -0.25) is 0 Å². The van der Waals surface area contributed by atoms with Crippen molar-refractivity contribution in [1.82, 2.24) is 0 Å². The van der Waals surface area contributed by atoms with Crippen LogP contribution in [0, 0.1) is 5.92 Å². The molecule has 0 spiro atoms. The summed E-state index contributed by atoms with van der Waals surface area (Å²) in [5, 5.41) is 4.18. The molecule has 0 aliphatic rings. The molecule has 0 fully saturated rings. The van der Waals surface area contributed by atoms with Crippen LogP contribution in [0.25, 0.3) is 0 Å². The summed E-state index contributed by atoms with van der Waals surface area (Å²) >= 11 is 0. The molecule has 1 nitrogen and oxygen atoms in total. The molecule has 0 N–H and O–H groups in total. The zero-order valence-electron chi connectivity index (χ0n) is 17.7. The van der Waals surface area contributed by atoms with Crippen molar-refractivity contribution in [2.75, 3.05) is 0 Å². The maximum atomic E-state index is 7.02. The van der Waals surface area contributed by atoms with Crippen LogP contribution in [0.4, 0.5) is 0 Å². The van der Waals surface area contributed by atoms with Gasteiger partial charge in [-0.2, -0.15) is 0 Å². The van der Waals surface area contributed by atoms with Crippen molar-refractivity contribution >= 4 is 31.5 Å². The van der Waals surface area contributed by atoms with Crippen LogP contribution in [-0.4, -0.2) is 14.2 Å². The van der Waals surface area contributed by atoms with E-state index in [0.29, 0.717) is 5.92 Å². The van der Waals surface area contributed by atoms with Gasteiger partial charge in [0.05, 0.1) is 0 Å². The average molecular weight is 408 g/mol. The quantitative estimate of drug-likeness (QED) is 0.354. The topological polar surface area (TPSA) is 9.23 Å². The molecule has 146 valence electrons. The highest BCUT2D eigenvalue weighted by atomic mass is 31.2. The molecule has 0 saturated heterocycles. The molecule has 28 heavy (non-hydrogen) atoms. The Morgan fingerprint density at radius 3 is 1.18 bits per heavy atom. The predicted octanol–water partition coefficient (Wildman–Crippen LogP) is 5.81. The SMILES string of the molecule is CC(C)C(O[Si](C)(C)C)[P+](c1ccccc1)(c1ccccc1)c1ccccc1. The Balaban J connectivity index is 2.39. The number of benzene rings is 3. The molecule has 0 heterocycles. The van der Waals surface area contributed by atoms with Crippen LogP contribution in [0.5, 0.6) is 0 Å². The minimum atomic E-state index is -2.00. The van der Waals surface area contributed by atoms with E-state index in [0.717, 1.165) is 0 Å². The summed E-state index contributed by atoms with van der Waals surface area (Å²) in [6.07, 6.45) is 0. The lowest BCUT2D eigenvalue weighted by atomic mass is 10.2. The highest BCUT2D eigenvalue weighted by Crippen LogP contribution is 2.62. The summed E-state index contributed by atoms with van der Waals surface area (Å²) in [4.78, 5) is 0. The molecule has 3 rings (SSSR count). The fraction of sp³-hybridized carbons (Fsp3) is 0.280. The summed E-state index contributed by atoms with van der Waals surface area (Å²) in [7, 11) is -3.77. The van der Waals surface area contributed by atoms with E-state index in [1.54, 1.807) is 0 Å². The second-order valence-corrected chi connectivity index (χ2v) is 16.6. The largest absolute Gasteiger partial charge is 0.384 e. The molecule has 3 heteroatoms. The molecular weight excluding hydrogens is 375 g/mol. The fourth-order valence-electron chi connectivity index (χ4n) is 3.90. The lowest BCUT2D eigenvalue weighted by molar-refractivity contribution is 0.224. The first kappa shape index (κ1) is 21.0. The van der Waals surface area contributed by atoms with Gasteiger partial charge in [0, 0.05) is 5.92 Å². The number of hydrogen-bond acceptors (Lipinski definition) is 1. The first-order valence-corrected chi connectivity index (χ1v) is 15.4. The van der Waals surface area contributed by atoms with Gasteiger partial charge < -0.3 is 4.43 Å². The Kier molecular flexibility index (Phi) is 6.55. The van der Waals surface area contributed by atoms with Gasteiger partial charge in [-0.05, 0) is 56.0 Å². The van der Waals surface area contributed by atoms with Gasteiger partial charge in [-0.15, -0.1) is 0 Å². The molecule has 0 amide bonds. The average Bonchev–Trinajstić information content (AvgIpc) is 2.69. The molecule has 0 aliphatic heterocycles. The van der Waals surface area contributed by atoms with Gasteiger partial charge in [0.1, 0.15) is 23.2 Å². The van der Waals surface area contributed by atoms with E-state index in [-0.39, 0.29) is 5.85 Å². The summed E-state index contributed by atoms with van der Waals surface area (Å²) in [6.45, 7) is 11.5. The standard InChI is InChI=1S/C25H32OPSi/c1-21(2)25(26-28(3,4)5)27(22-15-9-6-10-16-22,23-17-11-7-12-18-23)24-19-13-8-14-20-24/h6-21,25H,1-5H3/q+1. The van der Waals surface area contributed by atoms with Crippen LogP contribution in [-0.2, 0) is 4.43 Å². The first-order chi connectivity index (χ1) is 13.4. The van der Waals surface area contributed by atoms with Gasteiger partial charge in [0.15, 0.2) is 14.2 Å². The van der Waals surface area contributed by atoms with E-state index < -0.39 is 15.6 Å². The molecule has 0 aliphatic carbocycles. The number of rotatable bonds is 7. The Morgan fingerprint density at radius 2 is 0.929 bits per heavy atom. The second-order valence-electron chi connectivity index (χ2n) is 8.59. The lowest BCUT2D eigenvalue weighted by Crippen LogP contribution is -2.46. The highest BCUT2D eigenvalue weighted by Gasteiger charge is 2.55. The Bertz CT molecular complexity index is 761. The zero-order chi connectivity index (χ0) is 20.2. The minimum Gasteiger partial charge on any atom is -0.384 e.